The predicted molar refractivity (Wildman–Crippen MR) is 73.5 cm³/mol. The SMILES string of the molecule is CNCc1nc(CN(C)Cc2ccc(C)o2)cs1. The standard InChI is InChI=1S/C13H19N3OS/c1-10-4-5-12(17-10)8-16(3)7-11-9-18-13(15-11)6-14-2/h4-5,9,14H,6-8H2,1-3H3. The topological polar surface area (TPSA) is 41.3 Å². The molecule has 98 valence electrons. The molecule has 2 heterocycles. The summed E-state index contributed by atoms with van der Waals surface area (Å²) in [5, 5.41) is 6.37. The van der Waals surface area contributed by atoms with Crippen LogP contribution in [0, 0.1) is 6.92 Å². The number of aryl methyl sites for hydroxylation is 1. The van der Waals surface area contributed by atoms with Crippen molar-refractivity contribution in [2.75, 3.05) is 14.1 Å². The highest BCUT2D eigenvalue weighted by Crippen LogP contribution is 2.13. The van der Waals surface area contributed by atoms with Crippen LogP contribution in [0.5, 0.6) is 0 Å². The highest BCUT2D eigenvalue weighted by molar-refractivity contribution is 7.09. The maximum Gasteiger partial charge on any atom is 0.118 e. The lowest BCUT2D eigenvalue weighted by Gasteiger charge is -2.13. The Morgan fingerprint density at radius 3 is 2.89 bits per heavy atom. The van der Waals surface area contributed by atoms with Crippen LogP contribution in [0.4, 0.5) is 0 Å². The van der Waals surface area contributed by atoms with E-state index in [1.54, 1.807) is 11.3 Å². The van der Waals surface area contributed by atoms with Crippen molar-refractivity contribution in [1.29, 1.82) is 0 Å². The zero-order valence-electron chi connectivity index (χ0n) is 11.1. The molecule has 0 radical (unpaired) electrons. The first kappa shape index (κ1) is 13.3. The van der Waals surface area contributed by atoms with Gasteiger partial charge in [-0.3, -0.25) is 4.90 Å². The molecule has 0 amide bonds. The van der Waals surface area contributed by atoms with Gasteiger partial charge in [0, 0.05) is 18.5 Å². The third kappa shape index (κ3) is 3.66. The average molecular weight is 265 g/mol. The lowest BCUT2D eigenvalue weighted by atomic mass is 10.4. The van der Waals surface area contributed by atoms with Gasteiger partial charge in [0.25, 0.3) is 0 Å². The van der Waals surface area contributed by atoms with Crippen molar-refractivity contribution in [3.8, 4) is 0 Å². The fourth-order valence-electron chi connectivity index (χ4n) is 1.82. The van der Waals surface area contributed by atoms with Crippen molar-refractivity contribution in [2.24, 2.45) is 0 Å². The van der Waals surface area contributed by atoms with E-state index in [1.807, 2.05) is 26.1 Å². The summed E-state index contributed by atoms with van der Waals surface area (Å²) < 4.78 is 5.57. The lowest BCUT2D eigenvalue weighted by molar-refractivity contribution is 0.282. The second kappa shape index (κ2) is 6.13. The number of hydrogen-bond donors (Lipinski definition) is 1. The predicted octanol–water partition coefficient (Wildman–Crippen LogP) is 2.40. The zero-order chi connectivity index (χ0) is 13.0. The Kier molecular flexibility index (Phi) is 4.52. The Morgan fingerprint density at radius 1 is 1.39 bits per heavy atom. The van der Waals surface area contributed by atoms with E-state index in [1.165, 1.54) is 0 Å². The molecule has 4 nitrogen and oxygen atoms in total. The molecule has 2 rings (SSSR count). The van der Waals surface area contributed by atoms with Crippen LogP contribution >= 0.6 is 11.3 Å². The third-order valence-electron chi connectivity index (χ3n) is 2.58. The van der Waals surface area contributed by atoms with Crippen molar-refractivity contribution >= 4 is 11.3 Å². The first-order valence-corrected chi connectivity index (χ1v) is 6.87. The van der Waals surface area contributed by atoms with Crippen LogP contribution in [0.15, 0.2) is 21.9 Å². The van der Waals surface area contributed by atoms with Gasteiger partial charge in [0.05, 0.1) is 12.2 Å². The summed E-state index contributed by atoms with van der Waals surface area (Å²) in [7, 11) is 4.02. The van der Waals surface area contributed by atoms with Crippen molar-refractivity contribution in [1.82, 2.24) is 15.2 Å². The van der Waals surface area contributed by atoms with Crippen LogP contribution in [0.25, 0.3) is 0 Å². The first-order chi connectivity index (χ1) is 8.67. The molecule has 0 aromatic carbocycles. The van der Waals surface area contributed by atoms with E-state index >= 15 is 0 Å². The maximum absolute atomic E-state index is 5.57. The Hall–Kier alpha value is -1.17. The number of aromatic nitrogens is 1. The van der Waals surface area contributed by atoms with Crippen molar-refractivity contribution < 1.29 is 4.42 Å². The summed E-state index contributed by atoms with van der Waals surface area (Å²) in [5.41, 5.74) is 1.12. The molecule has 0 bridgehead atoms. The van der Waals surface area contributed by atoms with Gasteiger partial charge < -0.3 is 9.73 Å². The highest BCUT2D eigenvalue weighted by atomic mass is 32.1. The van der Waals surface area contributed by atoms with E-state index in [9.17, 15) is 0 Å². The van der Waals surface area contributed by atoms with Gasteiger partial charge >= 0.3 is 0 Å². The van der Waals surface area contributed by atoms with Crippen molar-refractivity contribution in [3.05, 3.63) is 39.7 Å². The minimum atomic E-state index is 0.812. The molecule has 0 saturated heterocycles. The minimum absolute atomic E-state index is 0.812. The average Bonchev–Trinajstić information content (AvgIpc) is 2.89. The van der Waals surface area contributed by atoms with Gasteiger partial charge in [0.2, 0.25) is 0 Å². The molecule has 0 spiro atoms. The van der Waals surface area contributed by atoms with Crippen molar-refractivity contribution in [2.45, 2.75) is 26.6 Å². The van der Waals surface area contributed by atoms with Gasteiger partial charge in [-0.05, 0) is 33.2 Å². The first-order valence-electron chi connectivity index (χ1n) is 5.99. The summed E-state index contributed by atoms with van der Waals surface area (Å²) in [6.45, 7) is 4.46. The normalized spacial score (nSPS) is 11.3. The van der Waals surface area contributed by atoms with E-state index in [0.29, 0.717) is 0 Å². The molecule has 5 heteroatoms. The van der Waals surface area contributed by atoms with Gasteiger partial charge in [-0.15, -0.1) is 11.3 Å². The molecule has 0 fully saturated rings. The number of hydrogen-bond acceptors (Lipinski definition) is 5. The molecular weight excluding hydrogens is 246 g/mol. The van der Waals surface area contributed by atoms with Gasteiger partial charge in [-0.25, -0.2) is 4.98 Å². The molecule has 0 aliphatic rings. The highest BCUT2D eigenvalue weighted by Gasteiger charge is 2.07. The van der Waals surface area contributed by atoms with E-state index in [4.69, 9.17) is 4.42 Å². The number of nitrogens with one attached hydrogen (secondary N) is 1. The monoisotopic (exact) mass is 265 g/mol. The van der Waals surface area contributed by atoms with Crippen LogP contribution in [-0.4, -0.2) is 24.0 Å². The van der Waals surface area contributed by atoms with Crippen molar-refractivity contribution in [3.63, 3.8) is 0 Å². The summed E-state index contributed by atoms with van der Waals surface area (Å²) >= 11 is 1.70. The van der Waals surface area contributed by atoms with Gasteiger partial charge in [0.15, 0.2) is 0 Å². The lowest BCUT2D eigenvalue weighted by Crippen LogP contribution is -2.17. The second-order valence-electron chi connectivity index (χ2n) is 4.45. The molecule has 2 aromatic rings. The smallest absolute Gasteiger partial charge is 0.118 e. The van der Waals surface area contributed by atoms with Crippen LogP contribution in [0.2, 0.25) is 0 Å². The van der Waals surface area contributed by atoms with Crippen LogP contribution in [-0.2, 0) is 19.6 Å². The molecule has 1 N–H and O–H groups in total. The molecule has 18 heavy (non-hydrogen) atoms. The minimum Gasteiger partial charge on any atom is -0.465 e. The van der Waals surface area contributed by atoms with E-state index in [0.717, 1.165) is 41.9 Å². The summed E-state index contributed by atoms with van der Waals surface area (Å²) in [4.78, 5) is 6.78. The number of thiazole rings is 1. The maximum atomic E-state index is 5.57. The molecule has 0 aliphatic carbocycles. The third-order valence-corrected chi connectivity index (χ3v) is 3.48. The zero-order valence-corrected chi connectivity index (χ0v) is 11.9. The van der Waals surface area contributed by atoms with Crippen LogP contribution < -0.4 is 5.32 Å². The fourth-order valence-corrected chi connectivity index (χ4v) is 2.62. The molecular formula is C13H19N3OS. The Bertz CT molecular complexity index is 492. The summed E-state index contributed by atoms with van der Waals surface area (Å²) in [6, 6.07) is 4.02. The van der Waals surface area contributed by atoms with Crippen LogP contribution in [0.3, 0.4) is 0 Å². The Labute approximate surface area is 112 Å². The van der Waals surface area contributed by atoms with Gasteiger partial charge in [-0.1, -0.05) is 0 Å². The summed E-state index contributed by atoms with van der Waals surface area (Å²) in [6.07, 6.45) is 0. The Balaban J connectivity index is 1.88. The molecule has 0 aliphatic heterocycles. The molecule has 0 unspecified atom stereocenters. The number of furan rings is 1. The second-order valence-corrected chi connectivity index (χ2v) is 5.39. The summed E-state index contributed by atoms with van der Waals surface area (Å²) in [5.74, 6) is 1.96. The van der Waals surface area contributed by atoms with E-state index in [2.05, 4.69) is 27.6 Å². The number of nitrogens with zero attached hydrogens (tertiary/aromatic N) is 2. The molecule has 2 aromatic heterocycles. The number of rotatable bonds is 6. The van der Waals surface area contributed by atoms with E-state index < -0.39 is 0 Å². The fraction of sp³-hybridized carbons (Fsp3) is 0.462. The largest absolute Gasteiger partial charge is 0.465 e. The quantitative estimate of drug-likeness (QED) is 0.871. The molecule has 0 saturated carbocycles. The van der Waals surface area contributed by atoms with E-state index in [-0.39, 0.29) is 0 Å². The van der Waals surface area contributed by atoms with Crippen LogP contribution in [0.1, 0.15) is 22.2 Å². The van der Waals surface area contributed by atoms with Gasteiger partial charge in [-0.2, -0.15) is 0 Å². The Morgan fingerprint density at radius 2 is 2.22 bits per heavy atom. The molecule has 0 atom stereocenters. The van der Waals surface area contributed by atoms with Gasteiger partial charge in [0.1, 0.15) is 16.5 Å².